The minimum Gasteiger partial charge on any atom is -0.389 e. The number of hydrogen-bond donors (Lipinski definition) is 2. The van der Waals surface area contributed by atoms with Crippen molar-refractivity contribution in [2.45, 2.75) is 42.9 Å². The lowest BCUT2D eigenvalue weighted by atomic mass is 10.1. The number of aliphatic hydroxyl groups excluding tert-OH is 1. The molecule has 2 aromatic carbocycles. The second kappa shape index (κ2) is 10.7. The van der Waals surface area contributed by atoms with Gasteiger partial charge in [0.15, 0.2) is 0 Å². The van der Waals surface area contributed by atoms with Crippen molar-refractivity contribution in [3.8, 4) is 0 Å². The number of piperidine rings is 1. The van der Waals surface area contributed by atoms with E-state index >= 15 is 0 Å². The van der Waals surface area contributed by atoms with E-state index < -0.39 is 16.1 Å². The van der Waals surface area contributed by atoms with Crippen LogP contribution in [0.2, 0.25) is 5.02 Å². The zero-order valence-corrected chi connectivity index (χ0v) is 18.6. The minimum absolute atomic E-state index is 0.0928. The number of likely N-dealkylation sites (tertiary alicyclic amines) is 1. The van der Waals surface area contributed by atoms with Crippen LogP contribution in [0.15, 0.2) is 59.5 Å². The number of aliphatic hydroxyl groups is 1. The Kier molecular flexibility index (Phi) is 8.27. The molecule has 30 heavy (non-hydrogen) atoms. The van der Waals surface area contributed by atoms with Gasteiger partial charge in [-0.3, -0.25) is 0 Å². The number of sulfonamides is 1. The molecule has 1 aliphatic rings. The summed E-state index contributed by atoms with van der Waals surface area (Å²) in [7, 11) is -3.49. The van der Waals surface area contributed by atoms with Crippen molar-refractivity contribution in [2.24, 2.45) is 0 Å². The molecule has 0 amide bonds. The quantitative estimate of drug-likeness (QED) is 0.610. The summed E-state index contributed by atoms with van der Waals surface area (Å²) in [5.74, 6) is 0. The lowest BCUT2D eigenvalue weighted by Crippen LogP contribution is -2.46. The Morgan fingerprint density at radius 3 is 2.40 bits per heavy atom. The Bertz CT molecular complexity index is 885. The van der Waals surface area contributed by atoms with Gasteiger partial charge in [-0.2, -0.15) is 0 Å². The highest BCUT2D eigenvalue weighted by molar-refractivity contribution is 7.89. The van der Waals surface area contributed by atoms with Crippen LogP contribution in [0.4, 0.5) is 0 Å². The number of hydrogen-bond acceptors (Lipinski definition) is 5. The predicted octanol–water partition coefficient (Wildman–Crippen LogP) is 3.22. The van der Waals surface area contributed by atoms with Gasteiger partial charge < -0.3 is 14.7 Å². The predicted molar refractivity (Wildman–Crippen MR) is 118 cm³/mol. The average Bonchev–Trinajstić information content (AvgIpc) is 2.74. The molecule has 0 spiro atoms. The maximum absolute atomic E-state index is 12.5. The molecule has 1 aliphatic heterocycles. The van der Waals surface area contributed by atoms with Crippen LogP contribution >= 0.6 is 11.6 Å². The van der Waals surface area contributed by atoms with Gasteiger partial charge in [-0.25, -0.2) is 13.1 Å². The second-order valence-electron chi connectivity index (χ2n) is 7.69. The summed E-state index contributed by atoms with van der Waals surface area (Å²) in [6, 6.07) is 15.8. The zero-order chi connectivity index (χ0) is 21.6. The Morgan fingerprint density at radius 1 is 1.13 bits per heavy atom. The van der Waals surface area contributed by atoms with Crippen LogP contribution in [0.25, 0.3) is 0 Å². The van der Waals surface area contributed by atoms with Gasteiger partial charge in [-0.05, 0) is 62.7 Å². The van der Waals surface area contributed by atoms with Gasteiger partial charge >= 0.3 is 0 Å². The fourth-order valence-corrected chi connectivity index (χ4v) is 5.01. The molecule has 0 unspecified atom stereocenters. The molecule has 1 saturated heterocycles. The second-order valence-corrected chi connectivity index (χ2v) is 9.84. The maximum atomic E-state index is 12.5. The molecule has 2 atom stereocenters. The molecule has 1 fully saturated rings. The molecule has 2 N–H and O–H groups in total. The lowest BCUT2D eigenvalue weighted by Gasteiger charge is -2.33. The van der Waals surface area contributed by atoms with Gasteiger partial charge in [0.1, 0.15) is 0 Å². The number of rotatable bonds is 9. The number of β-amino-alcohol motifs (C(OH)–C–C–N with tert-alkyl or cyclic N) is 1. The third kappa shape index (κ3) is 6.77. The molecule has 1 heterocycles. The number of nitrogens with one attached hydrogen (secondary N) is 1. The van der Waals surface area contributed by atoms with Crippen molar-refractivity contribution < 1.29 is 18.3 Å². The van der Waals surface area contributed by atoms with E-state index in [0.717, 1.165) is 18.7 Å². The van der Waals surface area contributed by atoms with Crippen LogP contribution in [-0.4, -0.2) is 56.8 Å². The molecule has 0 aliphatic carbocycles. The maximum Gasteiger partial charge on any atom is 0.240 e. The molecule has 8 heteroatoms. The molecule has 2 aromatic rings. The van der Waals surface area contributed by atoms with E-state index in [-0.39, 0.29) is 23.6 Å². The third-order valence-corrected chi connectivity index (χ3v) is 7.10. The molecule has 0 radical (unpaired) electrons. The van der Waals surface area contributed by atoms with Gasteiger partial charge in [-0.15, -0.1) is 0 Å². The standard InChI is InChI=1S/C22H29ClN2O4S/c1-17(18-7-9-19(23)10-8-18)29-16-21(26)15-25-13-11-20(12-14-25)24-30(27,28)22-5-3-2-4-6-22/h2-10,17,20-21,24,26H,11-16H2,1H3/t17-,21-/m0/s1. The summed E-state index contributed by atoms with van der Waals surface area (Å²) in [5, 5.41) is 11.0. The van der Waals surface area contributed by atoms with E-state index in [4.69, 9.17) is 16.3 Å². The van der Waals surface area contributed by atoms with Crippen LogP contribution in [0.5, 0.6) is 0 Å². The SMILES string of the molecule is C[C@H](OC[C@@H](O)CN1CCC(NS(=O)(=O)c2ccccc2)CC1)c1ccc(Cl)cc1. The average molecular weight is 453 g/mol. The van der Waals surface area contributed by atoms with E-state index in [1.807, 2.05) is 31.2 Å². The summed E-state index contributed by atoms with van der Waals surface area (Å²) >= 11 is 5.90. The first-order valence-corrected chi connectivity index (χ1v) is 12.0. The molecule has 6 nitrogen and oxygen atoms in total. The largest absolute Gasteiger partial charge is 0.389 e. The third-order valence-electron chi connectivity index (χ3n) is 5.31. The Morgan fingerprint density at radius 2 is 1.77 bits per heavy atom. The van der Waals surface area contributed by atoms with Crippen molar-refractivity contribution in [1.82, 2.24) is 9.62 Å². The highest BCUT2D eigenvalue weighted by Gasteiger charge is 2.25. The molecule has 0 aromatic heterocycles. The van der Waals surface area contributed by atoms with Crippen molar-refractivity contribution >= 4 is 21.6 Å². The first kappa shape index (κ1) is 23.2. The molecular formula is C22H29ClN2O4S. The van der Waals surface area contributed by atoms with Crippen molar-refractivity contribution in [1.29, 1.82) is 0 Å². The van der Waals surface area contributed by atoms with Gasteiger partial charge in [0, 0.05) is 17.6 Å². The molecule has 3 rings (SSSR count). The summed E-state index contributed by atoms with van der Waals surface area (Å²) in [6.07, 6.45) is 0.689. The fourth-order valence-electron chi connectivity index (χ4n) is 3.56. The highest BCUT2D eigenvalue weighted by atomic mass is 35.5. The molecule has 164 valence electrons. The van der Waals surface area contributed by atoms with Crippen LogP contribution in [-0.2, 0) is 14.8 Å². The Hall–Kier alpha value is -1.48. The number of ether oxygens (including phenoxy) is 1. The molecule has 0 saturated carbocycles. The first-order chi connectivity index (χ1) is 14.3. The van der Waals surface area contributed by atoms with Crippen molar-refractivity contribution in [3.63, 3.8) is 0 Å². The van der Waals surface area contributed by atoms with E-state index in [1.54, 1.807) is 30.3 Å². The summed E-state index contributed by atoms with van der Waals surface area (Å²) in [5.41, 5.74) is 1.01. The van der Waals surface area contributed by atoms with E-state index in [2.05, 4.69) is 9.62 Å². The monoisotopic (exact) mass is 452 g/mol. The van der Waals surface area contributed by atoms with Crippen LogP contribution in [0.1, 0.15) is 31.4 Å². The van der Waals surface area contributed by atoms with Gasteiger partial charge in [-0.1, -0.05) is 41.9 Å². The Labute approximate surface area is 183 Å². The fraction of sp³-hybridized carbons (Fsp3) is 0.455. The summed E-state index contributed by atoms with van der Waals surface area (Å²) in [6.45, 7) is 4.15. The minimum atomic E-state index is -3.49. The number of benzene rings is 2. The van der Waals surface area contributed by atoms with Crippen LogP contribution < -0.4 is 4.72 Å². The van der Waals surface area contributed by atoms with E-state index in [9.17, 15) is 13.5 Å². The highest BCUT2D eigenvalue weighted by Crippen LogP contribution is 2.20. The van der Waals surface area contributed by atoms with E-state index in [0.29, 0.717) is 24.4 Å². The Balaban J connectivity index is 1.39. The van der Waals surface area contributed by atoms with Crippen LogP contribution in [0.3, 0.4) is 0 Å². The zero-order valence-electron chi connectivity index (χ0n) is 17.1. The normalized spacial score (nSPS) is 18.2. The topological polar surface area (TPSA) is 78.9 Å². The van der Waals surface area contributed by atoms with Crippen LogP contribution in [0, 0.1) is 0 Å². The summed E-state index contributed by atoms with van der Waals surface area (Å²) in [4.78, 5) is 2.43. The van der Waals surface area contributed by atoms with Gasteiger partial charge in [0.2, 0.25) is 10.0 Å². The summed E-state index contributed by atoms with van der Waals surface area (Å²) < 4.78 is 33.5. The molecule has 0 bridgehead atoms. The van der Waals surface area contributed by atoms with Gasteiger partial charge in [0.25, 0.3) is 0 Å². The van der Waals surface area contributed by atoms with E-state index in [1.165, 1.54) is 0 Å². The van der Waals surface area contributed by atoms with Crippen molar-refractivity contribution in [2.75, 3.05) is 26.2 Å². The first-order valence-electron chi connectivity index (χ1n) is 10.2. The van der Waals surface area contributed by atoms with Crippen molar-refractivity contribution in [3.05, 3.63) is 65.2 Å². The smallest absolute Gasteiger partial charge is 0.240 e. The molecular weight excluding hydrogens is 424 g/mol. The number of nitrogens with zero attached hydrogens (tertiary/aromatic N) is 1. The van der Waals surface area contributed by atoms with Gasteiger partial charge in [0.05, 0.1) is 23.7 Å². The number of halogens is 1. The lowest BCUT2D eigenvalue weighted by molar-refractivity contribution is -0.0182.